The Kier molecular flexibility index (Phi) is 4.49. The highest BCUT2D eigenvalue weighted by Crippen LogP contribution is 2.13. The van der Waals surface area contributed by atoms with E-state index < -0.39 is 0 Å². The largest absolute Gasteiger partial charge is 0.409 e. The minimum Gasteiger partial charge on any atom is -0.409 e. The average Bonchev–Trinajstić information content (AvgIpc) is 2.91. The third-order valence-electron chi connectivity index (χ3n) is 2.79. The Morgan fingerprint density at radius 2 is 2.56 bits per heavy atom. The van der Waals surface area contributed by atoms with Crippen LogP contribution in [-0.2, 0) is 16.1 Å². The third-order valence-corrected chi connectivity index (χ3v) is 2.79. The first-order valence-corrected chi connectivity index (χ1v) is 5.92. The Bertz CT molecular complexity index is 417. The van der Waals surface area contributed by atoms with E-state index in [0.29, 0.717) is 18.9 Å². The predicted molar refractivity (Wildman–Crippen MR) is 65.4 cm³/mol. The Balaban J connectivity index is 1.85. The van der Waals surface area contributed by atoms with Crippen LogP contribution < -0.4 is 5.73 Å². The lowest BCUT2D eigenvalue weighted by molar-refractivity contribution is 0.0106. The van der Waals surface area contributed by atoms with Crippen LogP contribution in [0.5, 0.6) is 0 Å². The van der Waals surface area contributed by atoms with Crippen LogP contribution >= 0.6 is 0 Å². The molecule has 1 aromatic rings. The predicted octanol–water partition coefficient (Wildman–Crippen LogP) is 0.872. The lowest BCUT2D eigenvalue weighted by atomic mass is 10.2. The number of nitrogens with two attached hydrogens (primary N) is 1. The van der Waals surface area contributed by atoms with Crippen LogP contribution in [-0.4, -0.2) is 35.3 Å². The maximum atomic E-state index is 8.57. The van der Waals surface area contributed by atoms with Gasteiger partial charge in [0.25, 0.3) is 0 Å². The number of hydrogen-bond acceptors (Lipinski definition) is 5. The van der Waals surface area contributed by atoms with Crippen LogP contribution in [0.3, 0.4) is 0 Å². The summed E-state index contributed by atoms with van der Waals surface area (Å²) in [4.78, 5) is 4.00. The molecule has 1 fully saturated rings. The molecule has 1 aromatic heterocycles. The zero-order valence-electron chi connectivity index (χ0n) is 10.1. The van der Waals surface area contributed by atoms with Gasteiger partial charge in [0.15, 0.2) is 5.84 Å². The first kappa shape index (κ1) is 12.8. The van der Waals surface area contributed by atoms with Crippen molar-refractivity contribution in [3.8, 4) is 0 Å². The topological polar surface area (TPSA) is 90.0 Å². The average molecular weight is 251 g/mol. The fraction of sp³-hybridized carbons (Fsp3) is 0.500. The van der Waals surface area contributed by atoms with Gasteiger partial charge in [-0.25, -0.2) is 0 Å². The molecule has 2 rings (SSSR count). The summed E-state index contributed by atoms with van der Waals surface area (Å²) in [6.07, 6.45) is 4.00. The van der Waals surface area contributed by atoms with E-state index in [1.807, 2.05) is 6.07 Å². The van der Waals surface area contributed by atoms with Crippen molar-refractivity contribution >= 4 is 5.84 Å². The van der Waals surface area contributed by atoms with Crippen LogP contribution in [0.25, 0.3) is 0 Å². The first-order chi connectivity index (χ1) is 8.79. The highest BCUT2D eigenvalue weighted by atomic mass is 16.5. The van der Waals surface area contributed by atoms with Gasteiger partial charge in [-0.3, -0.25) is 4.98 Å². The fourth-order valence-electron chi connectivity index (χ4n) is 1.84. The molecule has 1 aliphatic heterocycles. The van der Waals surface area contributed by atoms with Crippen molar-refractivity contribution in [2.75, 3.05) is 13.2 Å². The molecule has 98 valence electrons. The highest BCUT2D eigenvalue weighted by Gasteiger charge is 2.15. The van der Waals surface area contributed by atoms with E-state index in [9.17, 15) is 0 Å². The number of pyridine rings is 1. The number of nitrogens with zero attached hydrogens (tertiary/aromatic N) is 2. The second kappa shape index (κ2) is 6.32. The number of amidine groups is 1. The molecule has 2 heterocycles. The van der Waals surface area contributed by atoms with Crippen molar-refractivity contribution in [2.24, 2.45) is 10.9 Å². The van der Waals surface area contributed by atoms with Crippen LogP contribution in [0.4, 0.5) is 0 Å². The third kappa shape index (κ3) is 3.41. The molecule has 0 spiro atoms. The Hall–Kier alpha value is -1.66. The van der Waals surface area contributed by atoms with E-state index in [-0.39, 0.29) is 11.9 Å². The van der Waals surface area contributed by atoms with Gasteiger partial charge in [-0.05, 0) is 30.5 Å². The lowest BCUT2D eigenvalue weighted by Crippen LogP contribution is -2.16. The molecule has 1 atom stereocenters. The molecule has 0 bridgehead atoms. The SMILES string of the molecule is NC(=NO)c1cc(COCC2CCCO2)ccn1. The van der Waals surface area contributed by atoms with Crippen LogP contribution in [0, 0.1) is 0 Å². The maximum absolute atomic E-state index is 8.57. The first-order valence-electron chi connectivity index (χ1n) is 5.92. The molecule has 0 radical (unpaired) electrons. The zero-order valence-corrected chi connectivity index (χ0v) is 10.1. The Morgan fingerprint density at radius 1 is 1.67 bits per heavy atom. The van der Waals surface area contributed by atoms with Crippen LogP contribution in [0.1, 0.15) is 24.1 Å². The van der Waals surface area contributed by atoms with E-state index in [0.717, 1.165) is 25.0 Å². The minimum atomic E-state index is -0.00373. The second-order valence-electron chi connectivity index (χ2n) is 4.18. The molecule has 6 heteroatoms. The summed E-state index contributed by atoms with van der Waals surface area (Å²) in [7, 11) is 0. The van der Waals surface area contributed by atoms with Crippen molar-refractivity contribution in [1.29, 1.82) is 0 Å². The van der Waals surface area contributed by atoms with Crippen molar-refractivity contribution < 1.29 is 14.7 Å². The van der Waals surface area contributed by atoms with Crippen molar-refractivity contribution in [3.63, 3.8) is 0 Å². The Labute approximate surface area is 105 Å². The van der Waals surface area contributed by atoms with Gasteiger partial charge in [-0.15, -0.1) is 0 Å². The summed E-state index contributed by atoms with van der Waals surface area (Å²) in [6, 6.07) is 3.58. The van der Waals surface area contributed by atoms with E-state index in [4.69, 9.17) is 20.4 Å². The molecule has 1 aliphatic rings. The maximum Gasteiger partial charge on any atom is 0.188 e. The molecular weight excluding hydrogens is 234 g/mol. The molecule has 18 heavy (non-hydrogen) atoms. The summed E-state index contributed by atoms with van der Waals surface area (Å²) in [5.41, 5.74) is 6.84. The fourth-order valence-corrected chi connectivity index (χ4v) is 1.84. The van der Waals surface area contributed by atoms with Gasteiger partial charge in [0.2, 0.25) is 0 Å². The van der Waals surface area contributed by atoms with Gasteiger partial charge in [0.1, 0.15) is 5.69 Å². The molecule has 1 saturated heterocycles. The normalized spacial score (nSPS) is 20.2. The molecule has 3 N–H and O–H groups in total. The van der Waals surface area contributed by atoms with Gasteiger partial charge < -0.3 is 20.4 Å². The Morgan fingerprint density at radius 3 is 3.28 bits per heavy atom. The number of rotatable bonds is 5. The van der Waals surface area contributed by atoms with Crippen molar-refractivity contribution in [3.05, 3.63) is 29.6 Å². The van der Waals surface area contributed by atoms with E-state index in [1.54, 1.807) is 12.3 Å². The monoisotopic (exact) mass is 251 g/mol. The molecule has 0 saturated carbocycles. The number of hydrogen-bond donors (Lipinski definition) is 2. The van der Waals surface area contributed by atoms with E-state index in [2.05, 4.69) is 10.1 Å². The van der Waals surface area contributed by atoms with Crippen LogP contribution in [0.2, 0.25) is 0 Å². The van der Waals surface area contributed by atoms with Gasteiger partial charge in [-0.2, -0.15) is 0 Å². The minimum absolute atomic E-state index is 0.00373. The molecule has 1 unspecified atom stereocenters. The van der Waals surface area contributed by atoms with Gasteiger partial charge in [0.05, 0.1) is 19.3 Å². The zero-order chi connectivity index (χ0) is 12.8. The molecule has 0 amide bonds. The molecule has 0 aliphatic carbocycles. The summed E-state index contributed by atoms with van der Waals surface area (Å²) >= 11 is 0. The number of aromatic nitrogens is 1. The van der Waals surface area contributed by atoms with E-state index >= 15 is 0 Å². The quantitative estimate of drug-likeness (QED) is 0.351. The number of oxime groups is 1. The van der Waals surface area contributed by atoms with Gasteiger partial charge >= 0.3 is 0 Å². The summed E-state index contributed by atoms with van der Waals surface area (Å²) < 4.78 is 11.0. The van der Waals surface area contributed by atoms with E-state index in [1.165, 1.54) is 0 Å². The summed E-state index contributed by atoms with van der Waals surface area (Å²) in [6.45, 7) is 1.90. The lowest BCUT2D eigenvalue weighted by Gasteiger charge is -2.10. The highest BCUT2D eigenvalue weighted by molar-refractivity contribution is 5.95. The summed E-state index contributed by atoms with van der Waals surface area (Å²) in [5.74, 6) is -0.00373. The molecule has 6 nitrogen and oxygen atoms in total. The second-order valence-corrected chi connectivity index (χ2v) is 4.18. The van der Waals surface area contributed by atoms with Crippen molar-refractivity contribution in [1.82, 2.24) is 4.98 Å². The van der Waals surface area contributed by atoms with Gasteiger partial charge in [-0.1, -0.05) is 5.16 Å². The molecular formula is C12H17N3O3. The standard InChI is InChI=1S/C12H17N3O3/c13-12(15-16)11-6-9(3-4-14-11)7-17-8-10-2-1-5-18-10/h3-4,6,10,16H,1-2,5,7-8H2,(H2,13,15). The van der Waals surface area contributed by atoms with Crippen LogP contribution in [0.15, 0.2) is 23.5 Å². The van der Waals surface area contributed by atoms with Gasteiger partial charge in [0, 0.05) is 12.8 Å². The molecule has 0 aromatic carbocycles. The number of ether oxygens (including phenoxy) is 2. The van der Waals surface area contributed by atoms with Crippen molar-refractivity contribution in [2.45, 2.75) is 25.6 Å². The summed E-state index contributed by atoms with van der Waals surface area (Å²) in [5, 5.41) is 11.5. The smallest absolute Gasteiger partial charge is 0.188 e.